The number of benzene rings is 1. The lowest BCUT2D eigenvalue weighted by Gasteiger charge is -2.13. The summed E-state index contributed by atoms with van der Waals surface area (Å²) in [7, 11) is 0. The minimum Gasteiger partial charge on any atom is -0.453 e. The summed E-state index contributed by atoms with van der Waals surface area (Å²) >= 11 is 0. The summed E-state index contributed by atoms with van der Waals surface area (Å²) in [5.74, 6) is -1.18. The SMILES string of the molecule is CC(=O)CCC(=O)O[C@@H](C)C(=O)Nc1ccc(C#N)cc1. The zero-order chi connectivity index (χ0) is 15.8. The van der Waals surface area contributed by atoms with E-state index in [2.05, 4.69) is 5.32 Å². The van der Waals surface area contributed by atoms with Gasteiger partial charge in [0.2, 0.25) is 0 Å². The van der Waals surface area contributed by atoms with Crippen LogP contribution in [0.3, 0.4) is 0 Å². The van der Waals surface area contributed by atoms with Crippen LogP contribution in [0.5, 0.6) is 0 Å². The number of Topliss-reactive ketones (excluding diaryl/α,β-unsaturated/α-hetero) is 1. The van der Waals surface area contributed by atoms with Crippen LogP contribution in [0.2, 0.25) is 0 Å². The molecule has 0 saturated heterocycles. The number of esters is 1. The molecule has 1 rings (SSSR count). The van der Waals surface area contributed by atoms with Crippen LogP contribution in [0, 0.1) is 11.3 Å². The fourth-order valence-electron chi connectivity index (χ4n) is 1.46. The molecule has 0 aliphatic rings. The second-order valence-electron chi connectivity index (χ2n) is 4.51. The molecular weight excluding hydrogens is 272 g/mol. The molecule has 6 nitrogen and oxygen atoms in total. The normalized spacial score (nSPS) is 11.1. The first-order valence-electron chi connectivity index (χ1n) is 6.42. The van der Waals surface area contributed by atoms with Crippen molar-refractivity contribution in [3.63, 3.8) is 0 Å². The molecular formula is C15H16N2O4. The van der Waals surface area contributed by atoms with Crippen molar-refractivity contribution < 1.29 is 19.1 Å². The predicted octanol–water partition coefficient (Wildman–Crippen LogP) is 1.80. The van der Waals surface area contributed by atoms with E-state index in [9.17, 15) is 14.4 Å². The standard InChI is InChI=1S/C15H16N2O4/c1-10(18)3-8-14(19)21-11(2)15(20)17-13-6-4-12(9-16)5-7-13/h4-7,11H,3,8H2,1-2H3,(H,17,20)/t11-/m0/s1. The van der Waals surface area contributed by atoms with E-state index in [1.807, 2.05) is 6.07 Å². The third kappa shape index (κ3) is 5.87. The largest absolute Gasteiger partial charge is 0.453 e. The maximum atomic E-state index is 11.8. The molecule has 0 saturated carbocycles. The maximum Gasteiger partial charge on any atom is 0.307 e. The summed E-state index contributed by atoms with van der Waals surface area (Å²) in [6, 6.07) is 8.28. The molecule has 0 radical (unpaired) electrons. The number of ether oxygens (including phenoxy) is 1. The first-order valence-corrected chi connectivity index (χ1v) is 6.42. The zero-order valence-corrected chi connectivity index (χ0v) is 11.9. The van der Waals surface area contributed by atoms with Crippen LogP contribution in [-0.2, 0) is 19.1 Å². The predicted molar refractivity (Wildman–Crippen MR) is 75.3 cm³/mol. The molecule has 1 atom stereocenters. The van der Waals surface area contributed by atoms with E-state index in [0.717, 1.165) is 0 Å². The van der Waals surface area contributed by atoms with Crippen molar-refractivity contribution in [3.8, 4) is 6.07 Å². The topological polar surface area (TPSA) is 96.3 Å². The Morgan fingerprint density at radius 2 is 1.86 bits per heavy atom. The van der Waals surface area contributed by atoms with Crippen LogP contribution in [0.25, 0.3) is 0 Å². The van der Waals surface area contributed by atoms with E-state index in [1.54, 1.807) is 24.3 Å². The van der Waals surface area contributed by atoms with E-state index < -0.39 is 18.0 Å². The second-order valence-corrected chi connectivity index (χ2v) is 4.51. The van der Waals surface area contributed by atoms with Crippen LogP contribution in [-0.4, -0.2) is 23.8 Å². The molecule has 110 valence electrons. The third-order valence-corrected chi connectivity index (χ3v) is 2.64. The molecule has 6 heteroatoms. The number of nitriles is 1. The van der Waals surface area contributed by atoms with E-state index in [0.29, 0.717) is 11.3 Å². The summed E-state index contributed by atoms with van der Waals surface area (Å²) in [6.45, 7) is 2.83. The van der Waals surface area contributed by atoms with Gasteiger partial charge in [0.15, 0.2) is 6.10 Å². The molecule has 0 aliphatic heterocycles. The Kier molecular flexibility index (Phi) is 6.08. The van der Waals surface area contributed by atoms with Crippen LogP contribution >= 0.6 is 0 Å². The number of anilines is 1. The first kappa shape index (κ1) is 16.4. The molecule has 0 fully saturated rings. The van der Waals surface area contributed by atoms with Gasteiger partial charge in [0.1, 0.15) is 5.78 Å². The Labute approximate surface area is 122 Å². The van der Waals surface area contributed by atoms with Crippen molar-refractivity contribution in [2.45, 2.75) is 32.8 Å². The fourth-order valence-corrected chi connectivity index (χ4v) is 1.46. The number of nitrogens with one attached hydrogen (secondary N) is 1. The summed E-state index contributed by atoms with van der Waals surface area (Å²) < 4.78 is 4.92. The number of ketones is 1. The quantitative estimate of drug-likeness (QED) is 0.805. The average molecular weight is 288 g/mol. The van der Waals surface area contributed by atoms with Gasteiger partial charge in [0, 0.05) is 12.1 Å². The average Bonchev–Trinajstić information content (AvgIpc) is 2.45. The highest BCUT2D eigenvalue weighted by atomic mass is 16.5. The highest BCUT2D eigenvalue weighted by Gasteiger charge is 2.18. The highest BCUT2D eigenvalue weighted by Crippen LogP contribution is 2.10. The minimum absolute atomic E-state index is 0.0379. The fraction of sp³-hybridized carbons (Fsp3) is 0.333. The number of hydrogen-bond acceptors (Lipinski definition) is 5. The number of nitrogens with zero attached hydrogens (tertiary/aromatic N) is 1. The molecule has 0 heterocycles. The molecule has 0 aromatic heterocycles. The molecule has 0 aliphatic carbocycles. The lowest BCUT2D eigenvalue weighted by atomic mass is 10.2. The minimum atomic E-state index is -0.958. The van der Waals surface area contributed by atoms with E-state index >= 15 is 0 Å². The van der Waals surface area contributed by atoms with Gasteiger partial charge in [-0.15, -0.1) is 0 Å². The van der Waals surface area contributed by atoms with Gasteiger partial charge in [-0.3, -0.25) is 9.59 Å². The summed E-state index contributed by atoms with van der Waals surface area (Å²) in [5.41, 5.74) is 0.988. The highest BCUT2D eigenvalue weighted by molar-refractivity contribution is 5.95. The van der Waals surface area contributed by atoms with Crippen molar-refractivity contribution in [2.24, 2.45) is 0 Å². The molecule has 21 heavy (non-hydrogen) atoms. The van der Waals surface area contributed by atoms with Gasteiger partial charge < -0.3 is 14.8 Å². The van der Waals surface area contributed by atoms with Gasteiger partial charge in [-0.05, 0) is 38.1 Å². The van der Waals surface area contributed by atoms with E-state index in [4.69, 9.17) is 10.00 Å². The van der Waals surface area contributed by atoms with Gasteiger partial charge in [-0.1, -0.05) is 0 Å². The molecule has 1 aromatic carbocycles. The number of rotatable bonds is 6. The Morgan fingerprint density at radius 1 is 1.24 bits per heavy atom. The summed E-state index contributed by atoms with van der Waals surface area (Å²) in [5, 5.41) is 11.2. The van der Waals surface area contributed by atoms with Gasteiger partial charge in [0.25, 0.3) is 5.91 Å². The van der Waals surface area contributed by atoms with Crippen LogP contribution in [0.4, 0.5) is 5.69 Å². The maximum absolute atomic E-state index is 11.8. The monoisotopic (exact) mass is 288 g/mol. The Morgan fingerprint density at radius 3 is 2.38 bits per heavy atom. The molecule has 1 amide bonds. The van der Waals surface area contributed by atoms with E-state index in [1.165, 1.54) is 13.8 Å². The van der Waals surface area contributed by atoms with E-state index in [-0.39, 0.29) is 18.6 Å². The Hall–Kier alpha value is -2.68. The van der Waals surface area contributed by atoms with Gasteiger partial charge in [-0.25, -0.2) is 0 Å². The van der Waals surface area contributed by atoms with Gasteiger partial charge in [-0.2, -0.15) is 5.26 Å². The lowest BCUT2D eigenvalue weighted by Crippen LogP contribution is -2.30. The molecule has 0 spiro atoms. The molecule has 0 bridgehead atoms. The molecule has 1 N–H and O–H groups in total. The lowest BCUT2D eigenvalue weighted by molar-refractivity contribution is -0.153. The number of amides is 1. The van der Waals surface area contributed by atoms with Crippen molar-refractivity contribution in [1.82, 2.24) is 0 Å². The van der Waals surface area contributed by atoms with Crippen LogP contribution in [0.1, 0.15) is 32.3 Å². The number of carbonyl (C=O) groups excluding carboxylic acids is 3. The van der Waals surface area contributed by atoms with Crippen molar-refractivity contribution in [2.75, 3.05) is 5.32 Å². The number of carbonyl (C=O) groups is 3. The molecule has 0 unspecified atom stereocenters. The Bertz CT molecular complexity index is 572. The third-order valence-electron chi connectivity index (χ3n) is 2.64. The van der Waals surface area contributed by atoms with Crippen molar-refractivity contribution in [3.05, 3.63) is 29.8 Å². The molecule has 1 aromatic rings. The van der Waals surface area contributed by atoms with Gasteiger partial charge >= 0.3 is 5.97 Å². The summed E-state index contributed by atoms with van der Waals surface area (Å²) in [4.78, 5) is 34.0. The second kappa shape index (κ2) is 7.80. The zero-order valence-electron chi connectivity index (χ0n) is 11.9. The van der Waals surface area contributed by atoms with Crippen molar-refractivity contribution >= 4 is 23.3 Å². The van der Waals surface area contributed by atoms with Gasteiger partial charge in [0.05, 0.1) is 18.1 Å². The number of hydrogen-bond donors (Lipinski definition) is 1. The first-order chi connectivity index (χ1) is 9.92. The smallest absolute Gasteiger partial charge is 0.307 e. The van der Waals surface area contributed by atoms with Crippen LogP contribution < -0.4 is 5.32 Å². The Balaban J connectivity index is 2.48. The van der Waals surface area contributed by atoms with Crippen molar-refractivity contribution in [1.29, 1.82) is 5.26 Å². The van der Waals surface area contributed by atoms with Crippen LogP contribution in [0.15, 0.2) is 24.3 Å². The summed E-state index contributed by atoms with van der Waals surface area (Å²) in [6.07, 6.45) is -0.896.